The Hall–Kier alpha value is -0.560. The largest absolute Gasteiger partial charge is 1.00 e. The van der Waals surface area contributed by atoms with Crippen molar-refractivity contribution < 1.29 is 39.8 Å². The van der Waals surface area contributed by atoms with E-state index < -0.39 is 6.10 Å². The smallest absolute Gasteiger partial charge is 0.119 e. The fraction of sp³-hybridized carbons (Fsp3) is 0.647. The van der Waals surface area contributed by atoms with Crippen molar-refractivity contribution in [2.75, 3.05) is 52.5 Å². The van der Waals surface area contributed by atoms with Crippen LogP contribution in [0, 0.1) is 0 Å². The number of hydrogen-bond acceptors (Lipinski definition) is 5. The van der Waals surface area contributed by atoms with Crippen molar-refractivity contribution >= 4 is 0 Å². The van der Waals surface area contributed by atoms with Crippen molar-refractivity contribution in [2.45, 2.75) is 19.4 Å². The van der Waals surface area contributed by atoms with Gasteiger partial charge in [-0.05, 0) is 24.1 Å². The van der Waals surface area contributed by atoms with Gasteiger partial charge in [-0.3, -0.25) is 9.80 Å². The molecule has 0 radical (unpaired) electrons. The molecule has 5 nitrogen and oxygen atoms in total. The van der Waals surface area contributed by atoms with Gasteiger partial charge in [-0.1, -0.05) is 19.1 Å². The van der Waals surface area contributed by atoms with Crippen LogP contribution >= 0.6 is 0 Å². The zero-order valence-corrected chi connectivity index (χ0v) is 15.7. The maximum absolute atomic E-state index is 10.1. The van der Waals surface area contributed by atoms with Crippen molar-refractivity contribution in [1.82, 2.24) is 9.80 Å². The lowest BCUT2D eigenvalue weighted by molar-refractivity contribution is -0.001000. The molecule has 2 rings (SSSR count). The summed E-state index contributed by atoms with van der Waals surface area (Å²) < 4.78 is 5.65. The number of aliphatic hydroxyl groups is 2. The lowest BCUT2D eigenvalue weighted by Crippen LogP contribution is -3.00. The van der Waals surface area contributed by atoms with E-state index in [2.05, 4.69) is 28.9 Å². The van der Waals surface area contributed by atoms with Crippen LogP contribution < -0.4 is 29.6 Å². The zero-order chi connectivity index (χ0) is 15.8. The molecule has 1 aromatic rings. The van der Waals surface area contributed by atoms with E-state index >= 15 is 0 Å². The minimum absolute atomic E-state index is 0. The molecule has 24 heavy (non-hydrogen) atoms. The van der Waals surface area contributed by atoms with Gasteiger partial charge in [0.05, 0.1) is 6.61 Å². The van der Waals surface area contributed by atoms with Gasteiger partial charge in [0.25, 0.3) is 0 Å². The van der Waals surface area contributed by atoms with E-state index in [1.165, 1.54) is 5.56 Å². The lowest BCUT2D eigenvalue weighted by atomic mass is 10.2. The molecule has 0 spiro atoms. The van der Waals surface area contributed by atoms with E-state index in [0.717, 1.165) is 44.9 Å². The average molecular weight is 379 g/mol. The van der Waals surface area contributed by atoms with Crippen molar-refractivity contribution in [3.63, 3.8) is 0 Å². The van der Waals surface area contributed by atoms with Gasteiger partial charge in [-0.25, -0.2) is 0 Å². The number of nitrogens with zero attached hydrogens (tertiary/aromatic N) is 2. The highest BCUT2D eigenvalue weighted by Gasteiger charge is 2.19. The van der Waals surface area contributed by atoms with E-state index in [1.807, 2.05) is 12.1 Å². The van der Waals surface area contributed by atoms with Crippen molar-refractivity contribution in [2.24, 2.45) is 0 Å². The van der Waals surface area contributed by atoms with Crippen LogP contribution in [-0.2, 0) is 6.42 Å². The third-order valence-corrected chi connectivity index (χ3v) is 4.12. The van der Waals surface area contributed by atoms with E-state index in [-0.39, 0.29) is 31.4 Å². The summed E-state index contributed by atoms with van der Waals surface area (Å²) in [4.78, 5) is 4.50. The van der Waals surface area contributed by atoms with E-state index in [9.17, 15) is 5.11 Å². The molecule has 2 N–H and O–H groups in total. The number of aryl methyl sites for hydroxylation is 1. The molecule has 1 fully saturated rings. The van der Waals surface area contributed by atoms with Crippen LogP contribution in [0.5, 0.6) is 5.75 Å². The number of benzene rings is 1. The molecule has 1 saturated heterocycles. The van der Waals surface area contributed by atoms with Gasteiger partial charge >= 0.3 is 0 Å². The molecular weight excluding hydrogens is 351 g/mol. The highest BCUT2D eigenvalue weighted by molar-refractivity contribution is 5.27. The Balaban J connectivity index is 0.00000264. The Morgan fingerprint density at radius 1 is 1.04 bits per heavy atom. The highest BCUT2D eigenvalue weighted by atomic mass is 35.5. The quantitative estimate of drug-likeness (QED) is 0.473. The second kappa shape index (κ2) is 12.8. The second-order valence-corrected chi connectivity index (χ2v) is 5.83. The highest BCUT2D eigenvalue weighted by Crippen LogP contribution is 2.13. The molecule has 1 aromatic carbocycles. The SMILES string of the molecule is CCc1ccc(OCC(O)CN2CCN(CCO)CC2)cc1.[Cl-].[Cl-]. The Labute approximate surface area is 157 Å². The number of halogens is 2. The number of β-amino-alcohol motifs (C(OH)–C–C–N with tert-alkyl or cyclic N) is 2. The number of rotatable bonds is 8. The molecule has 1 unspecified atom stereocenters. The van der Waals surface area contributed by atoms with E-state index in [4.69, 9.17) is 9.84 Å². The molecule has 1 aliphatic rings. The molecule has 7 heteroatoms. The zero-order valence-electron chi connectivity index (χ0n) is 14.2. The molecule has 0 aromatic heterocycles. The van der Waals surface area contributed by atoms with Crippen molar-refractivity contribution in [1.29, 1.82) is 0 Å². The minimum atomic E-state index is -0.477. The first kappa shape index (κ1) is 23.4. The van der Waals surface area contributed by atoms with Gasteiger partial charge in [-0.2, -0.15) is 0 Å². The first-order valence-electron chi connectivity index (χ1n) is 8.16. The Morgan fingerprint density at radius 3 is 2.17 bits per heavy atom. The maximum Gasteiger partial charge on any atom is 0.119 e. The van der Waals surface area contributed by atoms with Gasteiger partial charge in [0, 0.05) is 39.3 Å². The molecule has 1 aliphatic heterocycles. The van der Waals surface area contributed by atoms with Crippen LogP contribution in [0.25, 0.3) is 0 Å². The van der Waals surface area contributed by atoms with Crippen LogP contribution in [0.15, 0.2) is 24.3 Å². The fourth-order valence-corrected chi connectivity index (χ4v) is 2.70. The summed E-state index contributed by atoms with van der Waals surface area (Å²) in [6.45, 7) is 7.81. The van der Waals surface area contributed by atoms with E-state index in [1.54, 1.807) is 0 Å². The summed E-state index contributed by atoms with van der Waals surface area (Å²) in [5, 5.41) is 19.0. The van der Waals surface area contributed by atoms with Gasteiger partial charge in [0.2, 0.25) is 0 Å². The van der Waals surface area contributed by atoms with E-state index in [0.29, 0.717) is 13.2 Å². The van der Waals surface area contributed by atoms with Crippen molar-refractivity contribution in [3.05, 3.63) is 29.8 Å². The first-order chi connectivity index (χ1) is 10.7. The lowest BCUT2D eigenvalue weighted by Gasteiger charge is -2.35. The van der Waals surface area contributed by atoms with Crippen LogP contribution in [0.1, 0.15) is 12.5 Å². The molecule has 140 valence electrons. The molecule has 0 saturated carbocycles. The van der Waals surface area contributed by atoms with Crippen LogP contribution in [0.2, 0.25) is 0 Å². The number of piperazine rings is 1. The maximum atomic E-state index is 10.1. The monoisotopic (exact) mass is 378 g/mol. The summed E-state index contributed by atoms with van der Waals surface area (Å²) >= 11 is 0. The summed E-state index contributed by atoms with van der Waals surface area (Å²) in [5.74, 6) is 0.809. The predicted octanol–water partition coefficient (Wildman–Crippen LogP) is -5.39. The molecule has 0 amide bonds. The third-order valence-electron chi connectivity index (χ3n) is 4.12. The van der Waals surface area contributed by atoms with Crippen molar-refractivity contribution in [3.8, 4) is 5.75 Å². The van der Waals surface area contributed by atoms with Gasteiger partial charge < -0.3 is 39.8 Å². The second-order valence-electron chi connectivity index (χ2n) is 5.83. The summed E-state index contributed by atoms with van der Waals surface area (Å²) in [5.41, 5.74) is 1.29. The Bertz CT molecular complexity index is 426. The molecule has 1 heterocycles. The summed E-state index contributed by atoms with van der Waals surface area (Å²) in [7, 11) is 0. The molecule has 0 bridgehead atoms. The summed E-state index contributed by atoms with van der Waals surface area (Å²) in [6.07, 6.45) is 0.542. The Morgan fingerprint density at radius 2 is 1.62 bits per heavy atom. The van der Waals surface area contributed by atoms with Crippen LogP contribution in [-0.4, -0.2) is 78.6 Å². The third kappa shape index (κ3) is 8.01. The molecular formula is C17H28Cl2N2O3-2. The topological polar surface area (TPSA) is 56.2 Å². The standard InChI is InChI=1S/C17H28N2O3.2ClH/c1-2-15-3-5-17(6-4-15)22-14-16(21)13-19-9-7-18(8-10-19)11-12-20;;/h3-6,16,20-21H,2,7-14H2,1H3;2*1H/p-2. The van der Waals surface area contributed by atoms with Crippen LogP contribution in [0.3, 0.4) is 0 Å². The molecule has 0 aliphatic carbocycles. The number of ether oxygens (including phenoxy) is 1. The summed E-state index contributed by atoms with van der Waals surface area (Å²) in [6, 6.07) is 8.03. The fourth-order valence-electron chi connectivity index (χ4n) is 2.70. The predicted molar refractivity (Wildman–Crippen MR) is 87.3 cm³/mol. The number of hydrogen-bond donors (Lipinski definition) is 2. The number of aliphatic hydroxyl groups excluding tert-OH is 2. The average Bonchev–Trinajstić information content (AvgIpc) is 2.55. The first-order valence-corrected chi connectivity index (χ1v) is 8.16. The van der Waals surface area contributed by atoms with Crippen LogP contribution in [0.4, 0.5) is 0 Å². The van der Waals surface area contributed by atoms with Gasteiger partial charge in [0.15, 0.2) is 0 Å². The van der Waals surface area contributed by atoms with Gasteiger partial charge in [0.1, 0.15) is 18.5 Å². The Kier molecular flexibility index (Phi) is 12.5. The minimum Gasteiger partial charge on any atom is -1.00 e. The molecule has 1 atom stereocenters. The normalized spacial score (nSPS) is 16.8. The van der Waals surface area contributed by atoms with Gasteiger partial charge in [-0.15, -0.1) is 0 Å².